The fraction of sp³-hybridized carbons (Fsp3) is 1.00. The second-order valence-electron chi connectivity index (χ2n) is 0. The van der Waals surface area contributed by atoms with E-state index in [1.165, 1.54) is 0 Å². The van der Waals surface area contributed by atoms with Gasteiger partial charge in [0.05, 0.1) is 0 Å². The van der Waals surface area contributed by atoms with Crippen LogP contribution in [-0.2, 0) is 18.6 Å². The first kappa shape index (κ1) is 17.6. The molecule has 0 aliphatic rings. The van der Waals surface area contributed by atoms with Gasteiger partial charge in [0.1, 0.15) is 0 Å². The second-order valence-corrected chi connectivity index (χ2v) is 0. The van der Waals surface area contributed by atoms with E-state index in [9.17, 15) is 0 Å². The third kappa shape index (κ3) is 89.7. The van der Waals surface area contributed by atoms with Crippen molar-refractivity contribution >= 4 is 0 Å². The summed E-state index contributed by atoms with van der Waals surface area (Å²) in [6.45, 7) is 8.00. The van der Waals surface area contributed by atoms with Gasteiger partial charge >= 0.3 is 0 Å². The van der Waals surface area contributed by atoms with Crippen molar-refractivity contribution in [1.29, 1.82) is 0 Å². The summed E-state index contributed by atoms with van der Waals surface area (Å²) in [5, 5.41) is 0. The minimum absolute atomic E-state index is 0. The van der Waals surface area contributed by atoms with E-state index in [1.54, 1.807) is 0 Å². The minimum Gasteiger partial charge on any atom is -0.0683 e. The van der Waals surface area contributed by atoms with Crippen LogP contribution in [0.5, 0.6) is 0 Å². The van der Waals surface area contributed by atoms with E-state index in [-0.39, 0.29) is 18.6 Å². The van der Waals surface area contributed by atoms with E-state index in [0.29, 0.717) is 0 Å². The molecule has 0 heterocycles. The van der Waals surface area contributed by atoms with Crippen LogP contribution in [0.4, 0.5) is 0 Å². The molecule has 0 aromatic heterocycles. The van der Waals surface area contributed by atoms with Crippen molar-refractivity contribution in [3.05, 3.63) is 0 Å². The minimum atomic E-state index is 0. The van der Waals surface area contributed by atoms with Crippen LogP contribution in [0.25, 0.3) is 0 Å². The fourth-order valence-electron chi connectivity index (χ4n) is 0. The summed E-state index contributed by atoms with van der Waals surface area (Å²) in [4.78, 5) is 0. The molecule has 1 heteroatoms. The van der Waals surface area contributed by atoms with Crippen molar-refractivity contribution in [2.24, 2.45) is 0 Å². The van der Waals surface area contributed by atoms with E-state index in [1.807, 2.05) is 27.7 Å². The Hall–Kier alpha value is 0.584. The van der Waals surface area contributed by atoms with Gasteiger partial charge in [0.2, 0.25) is 0 Å². The quantitative estimate of drug-likeness (QED) is 0.448. The molecule has 0 aliphatic carbocycles. The van der Waals surface area contributed by atoms with Gasteiger partial charge < -0.3 is 0 Å². The third-order valence-corrected chi connectivity index (χ3v) is 0. The summed E-state index contributed by atoms with van der Waals surface area (Å²) >= 11 is 0. The first-order valence-corrected chi connectivity index (χ1v) is 2.00. The van der Waals surface area contributed by atoms with Crippen LogP contribution in [0, 0.1) is 0 Å². The van der Waals surface area contributed by atoms with Crippen LogP contribution in [0.15, 0.2) is 0 Å². The first-order valence-electron chi connectivity index (χ1n) is 2.00. The molecule has 0 aliphatic heterocycles. The number of hydrogen-bond donors (Lipinski definition) is 0. The molecule has 0 aromatic carbocycles. The van der Waals surface area contributed by atoms with Crippen LogP contribution in [0.1, 0.15) is 27.7 Å². The van der Waals surface area contributed by atoms with Crippen molar-refractivity contribution in [1.82, 2.24) is 0 Å². The Morgan fingerprint density at radius 2 is 0.600 bits per heavy atom. The standard InChI is InChI=1S/2C2H6.V/c2*1-2;/h2*1-2H3;. The molecular weight excluding hydrogens is 99.0 g/mol. The summed E-state index contributed by atoms with van der Waals surface area (Å²) in [5.74, 6) is 0. The normalized spacial score (nSPS) is 2.40. The van der Waals surface area contributed by atoms with E-state index >= 15 is 0 Å². The monoisotopic (exact) mass is 111 g/mol. The molecule has 0 N–H and O–H groups in total. The van der Waals surface area contributed by atoms with E-state index < -0.39 is 0 Å². The van der Waals surface area contributed by atoms with E-state index in [4.69, 9.17) is 0 Å². The Balaban J connectivity index is -0.0000000133. The largest absolute Gasteiger partial charge is 0.0683 e. The van der Waals surface area contributed by atoms with Crippen LogP contribution in [0.3, 0.4) is 0 Å². The molecule has 0 spiro atoms. The maximum absolute atomic E-state index is 2.00. The van der Waals surface area contributed by atoms with Gasteiger partial charge in [-0.2, -0.15) is 0 Å². The average molecular weight is 111 g/mol. The van der Waals surface area contributed by atoms with Gasteiger partial charge in [0.25, 0.3) is 0 Å². The molecule has 0 fully saturated rings. The van der Waals surface area contributed by atoms with E-state index in [2.05, 4.69) is 0 Å². The third-order valence-electron chi connectivity index (χ3n) is 0. The van der Waals surface area contributed by atoms with Gasteiger partial charge in [-0.25, -0.2) is 0 Å². The van der Waals surface area contributed by atoms with Crippen molar-refractivity contribution in [2.75, 3.05) is 0 Å². The summed E-state index contributed by atoms with van der Waals surface area (Å²) in [7, 11) is 0. The molecule has 0 amide bonds. The van der Waals surface area contributed by atoms with Crippen molar-refractivity contribution in [3.63, 3.8) is 0 Å². The van der Waals surface area contributed by atoms with Crippen molar-refractivity contribution < 1.29 is 18.6 Å². The average Bonchev–Trinajstić information content (AvgIpc) is 1.50. The Morgan fingerprint density at radius 3 is 0.600 bits per heavy atom. The van der Waals surface area contributed by atoms with Crippen LogP contribution in [0.2, 0.25) is 0 Å². The van der Waals surface area contributed by atoms with Crippen LogP contribution in [-0.4, -0.2) is 0 Å². The molecule has 1 radical (unpaired) electrons. The summed E-state index contributed by atoms with van der Waals surface area (Å²) < 4.78 is 0. The SMILES string of the molecule is CC.CC.[V]. The molecule has 33 valence electrons. The zero-order chi connectivity index (χ0) is 4.00. The first-order chi connectivity index (χ1) is 2.00. The maximum Gasteiger partial charge on any atom is 0 e. The molecule has 0 nitrogen and oxygen atoms in total. The molecule has 0 saturated carbocycles. The molecule has 0 rings (SSSR count). The van der Waals surface area contributed by atoms with Gasteiger partial charge in [-0.1, -0.05) is 27.7 Å². The number of hydrogen-bond acceptors (Lipinski definition) is 0. The predicted octanol–water partition coefficient (Wildman–Crippen LogP) is 2.05. The van der Waals surface area contributed by atoms with Gasteiger partial charge in [-0.15, -0.1) is 0 Å². The summed E-state index contributed by atoms with van der Waals surface area (Å²) in [5.41, 5.74) is 0. The van der Waals surface area contributed by atoms with Gasteiger partial charge in [-0.3, -0.25) is 0 Å². The zero-order valence-corrected chi connectivity index (χ0v) is 5.84. The maximum atomic E-state index is 2.00. The summed E-state index contributed by atoms with van der Waals surface area (Å²) in [6.07, 6.45) is 0. The summed E-state index contributed by atoms with van der Waals surface area (Å²) in [6, 6.07) is 0. The molecule has 0 saturated heterocycles. The fourth-order valence-corrected chi connectivity index (χ4v) is 0. The van der Waals surface area contributed by atoms with E-state index in [0.717, 1.165) is 0 Å². The molecule has 0 aromatic rings. The Labute approximate surface area is 46.8 Å². The van der Waals surface area contributed by atoms with Crippen LogP contribution < -0.4 is 0 Å². The van der Waals surface area contributed by atoms with Gasteiger partial charge in [0.15, 0.2) is 0 Å². The van der Waals surface area contributed by atoms with Crippen molar-refractivity contribution in [3.8, 4) is 0 Å². The topological polar surface area (TPSA) is 0 Å². The Bertz CT molecular complexity index is 3.61. The molecule has 0 unspecified atom stereocenters. The van der Waals surface area contributed by atoms with Crippen molar-refractivity contribution in [2.45, 2.75) is 27.7 Å². The smallest absolute Gasteiger partial charge is 0 e. The molecule has 0 atom stereocenters. The molecule has 5 heavy (non-hydrogen) atoms. The predicted molar refractivity (Wildman–Crippen MR) is 22.7 cm³/mol. The molecular formula is C4H12V. The van der Waals surface area contributed by atoms with Crippen LogP contribution >= 0.6 is 0 Å². The Kier molecular flexibility index (Phi) is 606. The Morgan fingerprint density at radius 1 is 0.600 bits per heavy atom. The van der Waals surface area contributed by atoms with Gasteiger partial charge in [0, 0.05) is 18.6 Å². The second kappa shape index (κ2) is 172. The number of rotatable bonds is 0. The zero-order valence-electron chi connectivity index (χ0n) is 4.45. The molecule has 0 bridgehead atoms. The van der Waals surface area contributed by atoms with Gasteiger partial charge in [-0.05, 0) is 0 Å².